The highest BCUT2D eigenvalue weighted by atomic mass is 16.2. The van der Waals surface area contributed by atoms with Gasteiger partial charge in [0, 0.05) is 51.9 Å². The lowest BCUT2D eigenvalue weighted by Gasteiger charge is -2.40. The first-order valence-electron chi connectivity index (χ1n) is 9.90. The molecule has 2 aliphatic rings. The van der Waals surface area contributed by atoms with E-state index in [0.717, 1.165) is 50.8 Å². The highest BCUT2D eigenvalue weighted by Gasteiger charge is 2.27. The maximum Gasteiger partial charge on any atom is 0.241 e. The van der Waals surface area contributed by atoms with Crippen molar-refractivity contribution in [2.75, 3.05) is 63.2 Å². The van der Waals surface area contributed by atoms with Crippen molar-refractivity contribution in [3.63, 3.8) is 0 Å². The molecule has 28 heavy (non-hydrogen) atoms. The lowest BCUT2D eigenvalue weighted by molar-refractivity contribution is -0.129. The monoisotopic (exact) mass is 380 g/mol. The maximum atomic E-state index is 12.0. The number of hydrogen-bond acceptors (Lipinski definition) is 6. The van der Waals surface area contributed by atoms with Crippen molar-refractivity contribution in [1.82, 2.24) is 19.8 Å². The van der Waals surface area contributed by atoms with E-state index in [2.05, 4.69) is 57.1 Å². The number of carbonyl (C=O) groups excluding carboxylic acids is 1. The van der Waals surface area contributed by atoms with Crippen LogP contribution >= 0.6 is 0 Å². The lowest BCUT2D eigenvalue weighted by atomic mass is 10.0. The van der Waals surface area contributed by atoms with Crippen LogP contribution in [0.15, 0.2) is 42.7 Å². The summed E-state index contributed by atoms with van der Waals surface area (Å²) in [6.07, 6.45) is 2.65. The van der Waals surface area contributed by atoms with Gasteiger partial charge >= 0.3 is 0 Å². The molecule has 0 bridgehead atoms. The van der Waals surface area contributed by atoms with Gasteiger partial charge in [0.2, 0.25) is 5.91 Å². The fourth-order valence-corrected chi connectivity index (χ4v) is 3.90. The number of aromatic nitrogens is 2. The number of hydrogen-bond donors (Lipinski definition) is 0. The molecule has 0 spiro atoms. The van der Waals surface area contributed by atoms with Crippen molar-refractivity contribution in [3.8, 4) is 0 Å². The fraction of sp³-hybridized carbons (Fsp3) is 0.476. The molecule has 1 atom stereocenters. The first-order chi connectivity index (χ1) is 13.6. The van der Waals surface area contributed by atoms with E-state index in [1.54, 1.807) is 11.2 Å². The molecule has 0 saturated carbocycles. The summed E-state index contributed by atoms with van der Waals surface area (Å²) in [6, 6.07) is 13.1. The number of carbonyl (C=O) groups is 1. The van der Waals surface area contributed by atoms with E-state index in [4.69, 9.17) is 0 Å². The minimum absolute atomic E-state index is 0.133. The van der Waals surface area contributed by atoms with E-state index in [1.165, 1.54) is 5.56 Å². The summed E-state index contributed by atoms with van der Waals surface area (Å²) in [5.41, 5.74) is 1.36. The van der Waals surface area contributed by atoms with Crippen molar-refractivity contribution < 1.29 is 4.79 Å². The Morgan fingerprint density at radius 1 is 0.964 bits per heavy atom. The number of anilines is 2. The zero-order chi connectivity index (χ0) is 19.5. The topological polar surface area (TPSA) is 55.8 Å². The molecule has 1 unspecified atom stereocenters. The largest absolute Gasteiger partial charge is 0.354 e. The Labute approximate surface area is 166 Å². The number of likely N-dealkylation sites (N-methyl/N-ethyl adjacent to an activating group) is 2. The molecule has 1 amide bonds. The molecule has 7 heteroatoms. The molecule has 0 N–H and O–H groups in total. The minimum atomic E-state index is 0.133. The van der Waals surface area contributed by atoms with Crippen LogP contribution in [0, 0.1) is 0 Å². The van der Waals surface area contributed by atoms with Crippen LogP contribution in [-0.4, -0.2) is 85.1 Å². The third-order valence-corrected chi connectivity index (χ3v) is 5.83. The molecule has 1 aromatic heterocycles. The summed E-state index contributed by atoms with van der Waals surface area (Å²) in [5, 5.41) is 0. The van der Waals surface area contributed by atoms with Gasteiger partial charge in [-0.15, -0.1) is 0 Å². The Morgan fingerprint density at radius 3 is 2.43 bits per heavy atom. The summed E-state index contributed by atoms with van der Waals surface area (Å²) in [5.74, 6) is 1.92. The molecular formula is C21H28N6O. The van der Waals surface area contributed by atoms with Gasteiger partial charge < -0.3 is 14.7 Å². The van der Waals surface area contributed by atoms with Crippen molar-refractivity contribution in [2.24, 2.45) is 0 Å². The number of rotatable bonds is 4. The van der Waals surface area contributed by atoms with Gasteiger partial charge in [0.05, 0.1) is 6.54 Å². The smallest absolute Gasteiger partial charge is 0.241 e. The predicted octanol–water partition coefficient (Wildman–Crippen LogP) is 1.12. The van der Waals surface area contributed by atoms with Crippen LogP contribution in [0.5, 0.6) is 0 Å². The molecule has 4 rings (SSSR count). The second kappa shape index (κ2) is 8.14. The zero-order valence-corrected chi connectivity index (χ0v) is 16.7. The maximum absolute atomic E-state index is 12.0. The molecule has 7 nitrogen and oxygen atoms in total. The van der Waals surface area contributed by atoms with Gasteiger partial charge in [-0.25, -0.2) is 9.97 Å². The third kappa shape index (κ3) is 4.09. The van der Waals surface area contributed by atoms with Crippen LogP contribution in [-0.2, 0) is 11.2 Å². The SMILES string of the molecule is CN1CCN(c2cc(N3CCN(C)C(Cc4ccccc4)C3)ncn2)CC1=O. The van der Waals surface area contributed by atoms with Gasteiger partial charge in [-0.3, -0.25) is 9.69 Å². The Hall–Kier alpha value is -2.67. The van der Waals surface area contributed by atoms with E-state index in [1.807, 2.05) is 18.0 Å². The van der Waals surface area contributed by atoms with Crippen molar-refractivity contribution in [1.29, 1.82) is 0 Å². The quantitative estimate of drug-likeness (QED) is 0.792. The summed E-state index contributed by atoms with van der Waals surface area (Å²) < 4.78 is 0. The third-order valence-electron chi connectivity index (χ3n) is 5.83. The number of benzene rings is 1. The Balaban J connectivity index is 1.47. The van der Waals surface area contributed by atoms with Gasteiger partial charge in [-0.2, -0.15) is 0 Å². The van der Waals surface area contributed by atoms with Gasteiger partial charge in [-0.1, -0.05) is 30.3 Å². The molecule has 1 aromatic carbocycles. The van der Waals surface area contributed by atoms with Crippen LogP contribution in [0.4, 0.5) is 11.6 Å². The summed E-state index contributed by atoms with van der Waals surface area (Å²) in [6.45, 7) is 4.80. The van der Waals surface area contributed by atoms with E-state index >= 15 is 0 Å². The molecule has 0 radical (unpaired) electrons. The van der Waals surface area contributed by atoms with Crippen LogP contribution in [0.2, 0.25) is 0 Å². The molecule has 3 heterocycles. The van der Waals surface area contributed by atoms with Gasteiger partial charge in [-0.05, 0) is 19.0 Å². The summed E-state index contributed by atoms with van der Waals surface area (Å²) >= 11 is 0. The van der Waals surface area contributed by atoms with Crippen LogP contribution < -0.4 is 9.80 Å². The molecule has 2 fully saturated rings. The molecule has 0 aliphatic carbocycles. The highest BCUT2D eigenvalue weighted by Crippen LogP contribution is 2.22. The van der Waals surface area contributed by atoms with Crippen LogP contribution in [0.25, 0.3) is 0 Å². The molecule has 2 saturated heterocycles. The fourth-order valence-electron chi connectivity index (χ4n) is 3.90. The minimum Gasteiger partial charge on any atom is -0.354 e. The van der Waals surface area contributed by atoms with Crippen molar-refractivity contribution >= 4 is 17.5 Å². The molecule has 2 aliphatic heterocycles. The van der Waals surface area contributed by atoms with Crippen molar-refractivity contribution in [3.05, 3.63) is 48.3 Å². The Morgan fingerprint density at radius 2 is 1.68 bits per heavy atom. The van der Waals surface area contributed by atoms with Gasteiger partial charge in [0.1, 0.15) is 18.0 Å². The van der Waals surface area contributed by atoms with E-state index in [-0.39, 0.29) is 5.91 Å². The summed E-state index contributed by atoms with van der Waals surface area (Å²) in [4.78, 5) is 29.6. The van der Waals surface area contributed by atoms with Gasteiger partial charge in [0.15, 0.2) is 0 Å². The molecule has 2 aromatic rings. The molecular weight excluding hydrogens is 352 g/mol. The second-order valence-electron chi connectivity index (χ2n) is 7.74. The number of piperazine rings is 2. The van der Waals surface area contributed by atoms with E-state index < -0.39 is 0 Å². The predicted molar refractivity (Wildman–Crippen MR) is 111 cm³/mol. The number of amides is 1. The Bertz CT molecular complexity index is 814. The first kappa shape index (κ1) is 18.7. The van der Waals surface area contributed by atoms with Crippen LogP contribution in [0.3, 0.4) is 0 Å². The van der Waals surface area contributed by atoms with E-state index in [9.17, 15) is 4.79 Å². The Kier molecular flexibility index (Phi) is 5.43. The summed E-state index contributed by atoms with van der Waals surface area (Å²) in [7, 11) is 4.05. The van der Waals surface area contributed by atoms with Crippen LogP contribution in [0.1, 0.15) is 5.56 Å². The molecule has 148 valence electrons. The highest BCUT2D eigenvalue weighted by molar-refractivity contribution is 5.82. The first-order valence-corrected chi connectivity index (χ1v) is 9.90. The van der Waals surface area contributed by atoms with E-state index in [0.29, 0.717) is 12.6 Å². The average molecular weight is 380 g/mol. The average Bonchev–Trinajstić information content (AvgIpc) is 2.72. The lowest BCUT2D eigenvalue weighted by Crippen LogP contribution is -2.52. The normalized spacial score (nSPS) is 21.3. The standard InChI is InChI=1S/C21H28N6O/c1-24-8-10-26(14-18(24)12-17-6-4-3-5-7-17)19-13-20(23-16-22-19)27-11-9-25(2)21(28)15-27/h3-7,13,16,18H,8-12,14-15H2,1-2H3. The van der Waals surface area contributed by atoms with Crippen molar-refractivity contribution in [2.45, 2.75) is 12.5 Å². The second-order valence-corrected chi connectivity index (χ2v) is 7.74. The van der Waals surface area contributed by atoms with Gasteiger partial charge in [0.25, 0.3) is 0 Å². The number of nitrogens with zero attached hydrogens (tertiary/aromatic N) is 6. The zero-order valence-electron chi connectivity index (χ0n) is 16.7.